The molecule has 1 aromatic heterocycles. The number of benzene rings is 1. The number of carbonyl (C=O) groups is 1. The van der Waals surface area contributed by atoms with E-state index >= 15 is 0 Å². The minimum Gasteiger partial charge on any atom is -0.505 e. The number of furan rings is 1. The van der Waals surface area contributed by atoms with Crippen LogP contribution in [0.2, 0.25) is 0 Å². The molecule has 0 radical (unpaired) electrons. The standard InChI is InChI=1S/C23H24BrN3O5/c1-3-15(17-11-14(24)12(2)32-17)25-18-19(22(30)21(18)29)26-16-8-6-7-13(20(16)28)23(31)27-9-4-5-10-27/h6-8,11,15,25-26,28H,3-5,9-10H2,1-2H3. The van der Waals surface area contributed by atoms with Crippen LogP contribution >= 0.6 is 15.9 Å². The van der Waals surface area contributed by atoms with E-state index in [-0.39, 0.29) is 40.3 Å². The molecule has 1 saturated heterocycles. The summed E-state index contributed by atoms with van der Waals surface area (Å²) in [5, 5.41) is 16.6. The molecular weight excluding hydrogens is 478 g/mol. The van der Waals surface area contributed by atoms with Crippen molar-refractivity contribution in [2.75, 3.05) is 23.7 Å². The molecule has 2 aromatic carbocycles. The minimum absolute atomic E-state index is 0.0527. The first-order valence-corrected chi connectivity index (χ1v) is 11.3. The Morgan fingerprint density at radius 1 is 1.22 bits per heavy atom. The number of likely N-dealkylation sites (tertiary alicyclic amines) is 1. The van der Waals surface area contributed by atoms with Gasteiger partial charge in [0.2, 0.25) is 0 Å². The van der Waals surface area contributed by atoms with Gasteiger partial charge in [0.25, 0.3) is 16.8 Å². The molecule has 0 bridgehead atoms. The van der Waals surface area contributed by atoms with Gasteiger partial charge in [-0.3, -0.25) is 14.4 Å². The second kappa shape index (κ2) is 8.82. The summed E-state index contributed by atoms with van der Waals surface area (Å²) in [5.74, 6) is 0.850. The van der Waals surface area contributed by atoms with Crippen molar-refractivity contribution in [3.63, 3.8) is 0 Å². The van der Waals surface area contributed by atoms with E-state index in [4.69, 9.17) is 4.42 Å². The number of aromatic hydroxyl groups is 1. The highest BCUT2D eigenvalue weighted by Gasteiger charge is 2.27. The highest BCUT2D eigenvalue weighted by Crippen LogP contribution is 2.34. The van der Waals surface area contributed by atoms with Crippen LogP contribution in [0, 0.1) is 6.92 Å². The molecule has 0 aliphatic carbocycles. The summed E-state index contributed by atoms with van der Waals surface area (Å²) in [7, 11) is 0. The molecule has 1 amide bonds. The van der Waals surface area contributed by atoms with Gasteiger partial charge >= 0.3 is 0 Å². The van der Waals surface area contributed by atoms with Crippen LogP contribution in [0.15, 0.2) is 42.7 Å². The number of phenolic OH excluding ortho intramolecular Hbond substituents is 1. The van der Waals surface area contributed by atoms with Crippen LogP contribution in [-0.2, 0) is 0 Å². The third kappa shape index (κ3) is 3.92. The third-order valence-electron chi connectivity index (χ3n) is 5.78. The second-order valence-corrected chi connectivity index (χ2v) is 8.75. The van der Waals surface area contributed by atoms with Gasteiger partial charge < -0.3 is 25.1 Å². The Balaban J connectivity index is 1.59. The van der Waals surface area contributed by atoms with E-state index in [1.807, 2.05) is 19.9 Å². The van der Waals surface area contributed by atoms with Gasteiger partial charge in [-0.15, -0.1) is 0 Å². The second-order valence-electron chi connectivity index (χ2n) is 7.89. The summed E-state index contributed by atoms with van der Waals surface area (Å²) >= 11 is 3.41. The first-order valence-electron chi connectivity index (χ1n) is 10.6. The number of amides is 1. The zero-order valence-corrected chi connectivity index (χ0v) is 19.4. The largest absolute Gasteiger partial charge is 0.505 e. The van der Waals surface area contributed by atoms with Gasteiger partial charge in [0.15, 0.2) is 5.75 Å². The smallest absolute Gasteiger partial charge is 0.257 e. The van der Waals surface area contributed by atoms with Crippen LogP contribution in [0.4, 0.5) is 17.1 Å². The van der Waals surface area contributed by atoms with E-state index < -0.39 is 10.9 Å². The average Bonchev–Trinajstić information content (AvgIpc) is 3.44. The third-order valence-corrected chi connectivity index (χ3v) is 6.56. The van der Waals surface area contributed by atoms with Crippen LogP contribution in [0.25, 0.3) is 0 Å². The quantitative estimate of drug-likeness (QED) is 0.328. The SMILES string of the molecule is CCC(Nc1c(Nc2cccc(C(=O)N3CCCC3)c2O)c(=O)c1=O)c1cc(Br)c(C)o1. The Kier molecular flexibility index (Phi) is 6.10. The van der Waals surface area contributed by atoms with Crippen molar-refractivity contribution < 1.29 is 14.3 Å². The molecular formula is C23H24BrN3O5. The lowest BCUT2D eigenvalue weighted by Crippen LogP contribution is -2.37. The Bertz CT molecular complexity index is 1220. The molecule has 1 aliphatic rings. The molecule has 1 aliphatic heterocycles. The van der Waals surface area contributed by atoms with E-state index in [0.29, 0.717) is 31.0 Å². The number of nitrogens with zero attached hydrogens (tertiary/aromatic N) is 1. The number of halogens is 1. The Hall–Kier alpha value is -3.07. The van der Waals surface area contributed by atoms with Gasteiger partial charge in [-0.1, -0.05) is 13.0 Å². The number of hydrogen-bond donors (Lipinski definition) is 3. The summed E-state index contributed by atoms with van der Waals surface area (Å²) in [6.45, 7) is 5.07. The number of hydrogen-bond acceptors (Lipinski definition) is 7. The van der Waals surface area contributed by atoms with Crippen molar-refractivity contribution in [2.45, 2.75) is 39.2 Å². The fourth-order valence-corrected chi connectivity index (χ4v) is 4.20. The van der Waals surface area contributed by atoms with E-state index in [9.17, 15) is 19.5 Å². The van der Waals surface area contributed by atoms with E-state index in [1.165, 1.54) is 0 Å². The van der Waals surface area contributed by atoms with Crippen LogP contribution in [0.3, 0.4) is 0 Å². The highest BCUT2D eigenvalue weighted by molar-refractivity contribution is 9.10. The zero-order valence-electron chi connectivity index (χ0n) is 17.8. The van der Waals surface area contributed by atoms with Gasteiger partial charge in [-0.25, -0.2) is 0 Å². The fourth-order valence-electron chi connectivity index (χ4n) is 3.89. The maximum atomic E-state index is 12.7. The molecule has 3 N–H and O–H groups in total. The van der Waals surface area contributed by atoms with Crippen molar-refractivity contribution in [2.24, 2.45) is 0 Å². The van der Waals surface area contributed by atoms with Crippen molar-refractivity contribution in [1.82, 2.24) is 4.90 Å². The van der Waals surface area contributed by atoms with Gasteiger partial charge in [-0.2, -0.15) is 0 Å². The van der Waals surface area contributed by atoms with Gasteiger partial charge in [0, 0.05) is 13.1 Å². The first kappa shape index (κ1) is 22.1. The normalized spacial score (nSPS) is 14.7. The van der Waals surface area contributed by atoms with E-state index in [0.717, 1.165) is 17.3 Å². The average molecular weight is 502 g/mol. The molecule has 32 heavy (non-hydrogen) atoms. The van der Waals surface area contributed by atoms with Crippen molar-refractivity contribution in [1.29, 1.82) is 0 Å². The van der Waals surface area contributed by atoms with Crippen molar-refractivity contribution in [3.05, 3.63) is 66.3 Å². The molecule has 0 spiro atoms. The van der Waals surface area contributed by atoms with Crippen LogP contribution in [-0.4, -0.2) is 29.0 Å². The molecule has 1 atom stereocenters. The first-order chi connectivity index (χ1) is 15.3. The lowest BCUT2D eigenvalue weighted by molar-refractivity contribution is 0.0790. The summed E-state index contributed by atoms with van der Waals surface area (Å²) in [6.07, 6.45) is 2.49. The zero-order chi connectivity index (χ0) is 23.0. The predicted octanol–water partition coefficient (Wildman–Crippen LogP) is 4.19. The molecule has 2 heterocycles. The van der Waals surface area contributed by atoms with Crippen LogP contribution in [0.1, 0.15) is 54.1 Å². The fraction of sp³-hybridized carbons (Fsp3) is 0.348. The predicted molar refractivity (Wildman–Crippen MR) is 126 cm³/mol. The maximum absolute atomic E-state index is 12.7. The number of carbonyl (C=O) groups excluding carboxylic acids is 1. The number of nitrogens with one attached hydrogen (secondary N) is 2. The number of para-hydroxylation sites is 1. The Morgan fingerprint density at radius 2 is 1.91 bits per heavy atom. The van der Waals surface area contributed by atoms with Crippen molar-refractivity contribution in [3.8, 4) is 5.75 Å². The molecule has 8 nitrogen and oxygen atoms in total. The number of rotatable bonds is 7. The van der Waals surface area contributed by atoms with Crippen LogP contribution in [0.5, 0.6) is 5.75 Å². The summed E-state index contributed by atoms with van der Waals surface area (Å²) in [6, 6.07) is 6.24. The van der Waals surface area contributed by atoms with Gasteiger partial charge in [-0.05, 0) is 60.3 Å². The van der Waals surface area contributed by atoms with Gasteiger partial charge in [0.1, 0.15) is 22.9 Å². The molecule has 168 valence electrons. The molecule has 1 unspecified atom stereocenters. The molecule has 4 rings (SSSR count). The highest BCUT2D eigenvalue weighted by atomic mass is 79.9. The summed E-state index contributed by atoms with van der Waals surface area (Å²) in [4.78, 5) is 39.0. The topological polar surface area (TPSA) is 112 Å². The summed E-state index contributed by atoms with van der Waals surface area (Å²) in [5.41, 5.74) is -0.797. The lowest BCUT2D eigenvalue weighted by atomic mass is 10.1. The maximum Gasteiger partial charge on any atom is 0.257 e. The lowest BCUT2D eigenvalue weighted by Gasteiger charge is -2.21. The minimum atomic E-state index is -0.685. The number of aryl methyl sites for hydroxylation is 1. The Labute approximate surface area is 193 Å². The molecule has 9 heteroatoms. The monoisotopic (exact) mass is 501 g/mol. The number of phenols is 1. The van der Waals surface area contributed by atoms with E-state index in [1.54, 1.807) is 23.1 Å². The molecule has 1 fully saturated rings. The number of anilines is 3. The molecule has 0 saturated carbocycles. The van der Waals surface area contributed by atoms with Gasteiger partial charge in [0.05, 0.1) is 21.8 Å². The van der Waals surface area contributed by atoms with Crippen molar-refractivity contribution >= 4 is 38.9 Å². The van der Waals surface area contributed by atoms with E-state index in [2.05, 4.69) is 26.6 Å². The molecule has 3 aromatic rings. The van der Waals surface area contributed by atoms with Crippen LogP contribution < -0.4 is 21.5 Å². The Morgan fingerprint density at radius 3 is 2.53 bits per heavy atom. The summed E-state index contributed by atoms with van der Waals surface area (Å²) < 4.78 is 6.55.